The van der Waals surface area contributed by atoms with Gasteiger partial charge in [-0.3, -0.25) is 4.98 Å². The lowest BCUT2D eigenvalue weighted by Gasteiger charge is -2.21. The first-order valence-electron chi connectivity index (χ1n) is 7.15. The van der Waals surface area contributed by atoms with E-state index in [1.54, 1.807) is 5.57 Å². The standard InChI is InChI=1S/C16H24N2/c1-3-18-16(14-8-6-4-5-7-9-14)15-10-13(2)11-17-12-15/h8,10-12,16,18H,3-7,9H2,1-2H3. The monoisotopic (exact) mass is 244 g/mol. The van der Waals surface area contributed by atoms with Gasteiger partial charge in [-0.25, -0.2) is 0 Å². The fourth-order valence-electron chi connectivity index (χ4n) is 2.71. The van der Waals surface area contributed by atoms with Gasteiger partial charge in [0, 0.05) is 12.4 Å². The number of hydrogen-bond donors (Lipinski definition) is 1. The van der Waals surface area contributed by atoms with Gasteiger partial charge in [0.05, 0.1) is 6.04 Å². The summed E-state index contributed by atoms with van der Waals surface area (Å²) in [6.07, 6.45) is 12.9. The van der Waals surface area contributed by atoms with Crippen molar-refractivity contribution < 1.29 is 0 Å². The van der Waals surface area contributed by atoms with E-state index < -0.39 is 0 Å². The molecule has 0 saturated heterocycles. The van der Waals surface area contributed by atoms with E-state index in [9.17, 15) is 0 Å². The number of aromatic nitrogens is 1. The van der Waals surface area contributed by atoms with Gasteiger partial charge in [0.2, 0.25) is 0 Å². The summed E-state index contributed by atoms with van der Waals surface area (Å²) < 4.78 is 0. The van der Waals surface area contributed by atoms with Crippen molar-refractivity contribution >= 4 is 0 Å². The third-order valence-corrected chi connectivity index (χ3v) is 3.58. The van der Waals surface area contributed by atoms with Gasteiger partial charge in [0.1, 0.15) is 0 Å². The lowest BCUT2D eigenvalue weighted by Crippen LogP contribution is -2.23. The predicted octanol–water partition coefficient (Wildman–Crippen LogP) is 3.93. The van der Waals surface area contributed by atoms with Crippen LogP contribution in [0.15, 0.2) is 30.1 Å². The van der Waals surface area contributed by atoms with Crippen molar-refractivity contribution in [2.24, 2.45) is 0 Å². The maximum Gasteiger partial charge on any atom is 0.0551 e. The Hall–Kier alpha value is -1.15. The molecule has 0 aliphatic heterocycles. The van der Waals surface area contributed by atoms with Gasteiger partial charge in [0.15, 0.2) is 0 Å². The van der Waals surface area contributed by atoms with E-state index in [0.717, 1.165) is 6.54 Å². The molecular weight excluding hydrogens is 220 g/mol. The molecule has 1 aliphatic rings. The van der Waals surface area contributed by atoms with Gasteiger partial charge >= 0.3 is 0 Å². The average molecular weight is 244 g/mol. The molecule has 1 aliphatic carbocycles. The number of allylic oxidation sites excluding steroid dienone is 1. The smallest absolute Gasteiger partial charge is 0.0551 e. The fourth-order valence-corrected chi connectivity index (χ4v) is 2.71. The van der Waals surface area contributed by atoms with E-state index in [1.165, 1.54) is 43.2 Å². The van der Waals surface area contributed by atoms with Crippen molar-refractivity contribution in [3.05, 3.63) is 41.2 Å². The van der Waals surface area contributed by atoms with Gasteiger partial charge in [-0.1, -0.05) is 31.1 Å². The van der Waals surface area contributed by atoms with Crippen molar-refractivity contribution in [2.75, 3.05) is 6.54 Å². The molecule has 18 heavy (non-hydrogen) atoms. The van der Waals surface area contributed by atoms with Crippen LogP contribution in [-0.2, 0) is 0 Å². The number of nitrogens with one attached hydrogen (secondary N) is 1. The summed E-state index contributed by atoms with van der Waals surface area (Å²) in [5.74, 6) is 0. The first kappa shape index (κ1) is 13.3. The predicted molar refractivity (Wildman–Crippen MR) is 76.6 cm³/mol. The van der Waals surface area contributed by atoms with Gasteiger partial charge < -0.3 is 5.32 Å². The molecule has 98 valence electrons. The molecule has 1 aromatic rings. The maximum absolute atomic E-state index is 4.34. The largest absolute Gasteiger partial charge is 0.307 e. The zero-order valence-corrected chi connectivity index (χ0v) is 11.6. The topological polar surface area (TPSA) is 24.9 Å². The summed E-state index contributed by atoms with van der Waals surface area (Å²) in [7, 11) is 0. The van der Waals surface area contributed by atoms with Crippen LogP contribution in [0.1, 0.15) is 56.2 Å². The van der Waals surface area contributed by atoms with Crippen LogP contribution in [0, 0.1) is 6.92 Å². The van der Waals surface area contributed by atoms with Gasteiger partial charge in [-0.05, 0) is 50.3 Å². The number of rotatable bonds is 4. The normalized spacial score (nSPS) is 18.0. The van der Waals surface area contributed by atoms with Crippen LogP contribution in [-0.4, -0.2) is 11.5 Å². The molecule has 1 unspecified atom stereocenters. The fraction of sp³-hybridized carbons (Fsp3) is 0.562. The Morgan fingerprint density at radius 3 is 2.94 bits per heavy atom. The second kappa shape index (κ2) is 6.69. The van der Waals surface area contributed by atoms with E-state index in [1.807, 2.05) is 12.4 Å². The minimum Gasteiger partial charge on any atom is -0.307 e. The molecule has 2 heteroatoms. The molecule has 0 fully saturated rings. The zero-order chi connectivity index (χ0) is 12.8. The summed E-state index contributed by atoms with van der Waals surface area (Å²) >= 11 is 0. The van der Waals surface area contributed by atoms with E-state index >= 15 is 0 Å². The minimum absolute atomic E-state index is 0.362. The number of aryl methyl sites for hydroxylation is 1. The van der Waals surface area contributed by atoms with Crippen molar-refractivity contribution in [1.82, 2.24) is 10.3 Å². The maximum atomic E-state index is 4.34. The average Bonchev–Trinajstić information content (AvgIpc) is 2.64. The zero-order valence-electron chi connectivity index (χ0n) is 11.6. The Morgan fingerprint density at radius 2 is 2.17 bits per heavy atom. The van der Waals surface area contributed by atoms with E-state index in [-0.39, 0.29) is 0 Å². The molecule has 1 N–H and O–H groups in total. The second-order valence-corrected chi connectivity index (χ2v) is 5.16. The lowest BCUT2D eigenvalue weighted by molar-refractivity contribution is 0.588. The van der Waals surface area contributed by atoms with Crippen LogP contribution in [0.5, 0.6) is 0 Å². The molecule has 2 nitrogen and oxygen atoms in total. The van der Waals surface area contributed by atoms with Crippen LogP contribution in [0.3, 0.4) is 0 Å². The highest BCUT2D eigenvalue weighted by molar-refractivity contribution is 5.29. The molecule has 1 aromatic heterocycles. The molecule has 0 amide bonds. The molecule has 0 spiro atoms. The molecule has 0 saturated carbocycles. The minimum atomic E-state index is 0.362. The van der Waals surface area contributed by atoms with E-state index in [0.29, 0.717) is 6.04 Å². The van der Waals surface area contributed by atoms with E-state index in [4.69, 9.17) is 0 Å². The Bertz CT molecular complexity index is 409. The molecule has 0 bridgehead atoms. The highest BCUT2D eigenvalue weighted by Crippen LogP contribution is 2.29. The summed E-state index contributed by atoms with van der Waals surface area (Å²) in [5.41, 5.74) is 4.11. The van der Waals surface area contributed by atoms with Crippen LogP contribution < -0.4 is 5.32 Å². The van der Waals surface area contributed by atoms with Crippen LogP contribution in [0.25, 0.3) is 0 Å². The Kier molecular flexibility index (Phi) is 4.94. The molecule has 0 aromatic carbocycles. The quantitative estimate of drug-likeness (QED) is 0.812. The van der Waals surface area contributed by atoms with Gasteiger partial charge in [0.25, 0.3) is 0 Å². The SMILES string of the molecule is CCNC(C1=CCCCCC1)c1cncc(C)c1. The van der Waals surface area contributed by atoms with Crippen molar-refractivity contribution in [3.63, 3.8) is 0 Å². The Morgan fingerprint density at radius 1 is 1.28 bits per heavy atom. The lowest BCUT2D eigenvalue weighted by atomic mass is 9.95. The number of pyridine rings is 1. The molecule has 2 rings (SSSR count). The number of likely N-dealkylation sites (N-methyl/N-ethyl adjacent to an activating group) is 1. The summed E-state index contributed by atoms with van der Waals surface area (Å²) in [5, 5.41) is 3.62. The van der Waals surface area contributed by atoms with Crippen LogP contribution >= 0.6 is 0 Å². The van der Waals surface area contributed by atoms with Crippen molar-refractivity contribution in [1.29, 1.82) is 0 Å². The molecule has 1 heterocycles. The van der Waals surface area contributed by atoms with E-state index in [2.05, 4.69) is 36.3 Å². The summed E-state index contributed by atoms with van der Waals surface area (Å²) in [6, 6.07) is 2.62. The molecule has 0 radical (unpaired) electrons. The van der Waals surface area contributed by atoms with Crippen LogP contribution in [0.4, 0.5) is 0 Å². The third-order valence-electron chi connectivity index (χ3n) is 3.58. The third kappa shape index (κ3) is 3.42. The Balaban J connectivity index is 2.24. The van der Waals surface area contributed by atoms with Gasteiger partial charge in [-0.15, -0.1) is 0 Å². The molecule has 1 atom stereocenters. The highest BCUT2D eigenvalue weighted by atomic mass is 14.9. The second-order valence-electron chi connectivity index (χ2n) is 5.16. The van der Waals surface area contributed by atoms with Crippen molar-refractivity contribution in [3.8, 4) is 0 Å². The molecular formula is C16H24N2. The first-order chi connectivity index (χ1) is 8.81. The van der Waals surface area contributed by atoms with Gasteiger partial charge in [-0.2, -0.15) is 0 Å². The summed E-state index contributed by atoms with van der Waals surface area (Å²) in [6.45, 7) is 5.28. The first-order valence-corrected chi connectivity index (χ1v) is 7.15. The van der Waals surface area contributed by atoms with Crippen molar-refractivity contribution in [2.45, 2.75) is 52.0 Å². The Labute approximate surface area is 111 Å². The number of nitrogens with zero attached hydrogens (tertiary/aromatic N) is 1. The van der Waals surface area contributed by atoms with Crippen LogP contribution in [0.2, 0.25) is 0 Å². The highest BCUT2D eigenvalue weighted by Gasteiger charge is 2.17. The summed E-state index contributed by atoms with van der Waals surface area (Å²) in [4.78, 5) is 4.34. The number of hydrogen-bond acceptors (Lipinski definition) is 2.